The Hall–Kier alpha value is -2.19. The van der Waals surface area contributed by atoms with Gasteiger partial charge in [0, 0.05) is 41.3 Å². The van der Waals surface area contributed by atoms with Crippen molar-refractivity contribution in [2.24, 2.45) is 5.92 Å². The molecular formula is C21H26BrN5O2. The lowest BCUT2D eigenvalue weighted by Gasteiger charge is -2.34. The van der Waals surface area contributed by atoms with Crippen LogP contribution in [0, 0.1) is 5.92 Å². The van der Waals surface area contributed by atoms with E-state index in [4.69, 9.17) is 4.74 Å². The molecule has 2 fully saturated rings. The minimum absolute atomic E-state index is 0.144. The molecule has 8 heteroatoms. The van der Waals surface area contributed by atoms with Gasteiger partial charge in [0.25, 0.3) is 0 Å². The third-order valence-corrected chi connectivity index (χ3v) is 6.01. The van der Waals surface area contributed by atoms with Crippen LogP contribution in [0.25, 0.3) is 0 Å². The fraction of sp³-hybridized carbons (Fsp3) is 0.476. The van der Waals surface area contributed by atoms with Gasteiger partial charge in [-0.25, -0.2) is 9.97 Å². The van der Waals surface area contributed by atoms with Crippen molar-refractivity contribution in [2.45, 2.75) is 31.7 Å². The number of benzene rings is 1. The maximum absolute atomic E-state index is 12.7. The summed E-state index contributed by atoms with van der Waals surface area (Å²) < 4.78 is 6.36. The van der Waals surface area contributed by atoms with Crippen LogP contribution in [0.5, 0.6) is 0 Å². The Kier molecular flexibility index (Phi) is 6.61. The van der Waals surface area contributed by atoms with Crippen LogP contribution in [0.4, 0.5) is 17.3 Å². The number of morpholine rings is 1. The monoisotopic (exact) mass is 459 g/mol. The topological polar surface area (TPSA) is 79.4 Å². The van der Waals surface area contributed by atoms with Gasteiger partial charge in [0.15, 0.2) is 0 Å². The van der Waals surface area contributed by atoms with E-state index < -0.39 is 0 Å². The number of halogens is 1. The molecule has 0 atom stereocenters. The van der Waals surface area contributed by atoms with Crippen LogP contribution in [0.3, 0.4) is 0 Å². The highest BCUT2D eigenvalue weighted by molar-refractivity contribution is 9.10. The van der Waals surface area contributed by atoms with E-state index in [-0.39, 0.29) is 5.92 Å². The van der Waals surface area contributed by atoms with Gasteiger partial charge in [-0.2, -0.15) is 0 Å². The zero-order chi connectivity index (χ0) is 20.1. The Labute approximate surface area is 179 Å². The Balaban J connectivity index is 1.29. The molecular weight excluding hydrogens is 434 g/mol. The fourth-order valence-corrected chi connectivity index (χ4v) is 4.35. The number of ether oxygens (including phenoxy) is 1. The van der Waals surface area contributed by atoms with Crippen molar-refractivity contribution >= 4 is 39.2 Å². The van der Waals surface area contributed by atoms with E-state index >= 15 is 0 Å². The number of nitrogens with one attached hydrogen (secondary N) is 2. The summed E-state index contributed by atoms with van der Waals surface area (Å²) in [6.07, 6.45) is 5.35. The van der Waals surface area contributed by atoms with Crippen LogP contribution in [0.2, 0.25) is 0 Å². The molecule has 1 aromatic carbocycles. The molecule has 1 aliphatic carbocycles. The molecule has 154 valence electrons. The SMILES string of the molecule is O=C([C@H]1CC[C@H](Nc2cc(Nc3cccc(Br)c3)ncn2)CC1)N1CCOCC1. The largest absolute Gasteiger partial charge is 0.378 e. The van der Waals surface area contributed by atoms with Crippen molar-refractivity contribution in [3.63, 3.8) is 0 Å². The highest BCUT2D eigenvalue weighted by Crippen LogP contribution is 2.28. The van der Waals surface area contributed by atoms with Crippen LogP contribution in [-0.2, 0) is 9.53 Å². The molecule has 7 nitrogen and oxygen atoms in total. The van der Waals surface area contributed by atoms with Gasteiger partial charge in [0.1, 0.15) is 18.0 Å². The summed E-state index contributed by atoms with van der Waals surface area (Å²) in [7, 11) is 0. The van der Waals surface area contributed by atoms with Crippen LogP contribution < -0.4 is 10.6 Å². The second-order valence-electron chi connectivity index (χ2n) is 7.55. The number of hydrogen-bond donors (Lipinski definition) is 2. The van der Waals surface area contributed by atoms with Gasteiger partial charge in [-0.15, -0.1) is 0 Å². The smallest absolute Gasteiger partial charge is 0.225 e. The number of carbonyl (C=O) groups is 1. The minimum atomic E-state index is 0.144. The number of rotatable bonds is 5. The van der Waals surface area contributed by atoms with Gasteiger partial charge in [-0.05, 0) is 43.9 Å². The normalized spacial score (nSPS) is 22.2. The summed E-state index contributed by atoms with van der Waals surface area (Å²) in [6.45, 7) is 2.77. The summed E-state index contributed by atoms with van der Waals surface area (Å²) in [5.41, 5.74) is 0.964. The van der Waals surface area contributed by atoms with E-state index in [0.717, 1.165) is 60.6 Å². The van der Waals surface area contributed by atoms with Crippen molar-refractivity contribution in [2.75, 3.05) is 36.9 Å². The molecule has 1 saturated carbocycles. The predicted molar refractivity (Wildman–Crippen MR) is 116 cm³/mol. The fourth-order valence-electron chi connectivity index (χ4n) is 3.95. The zero-order valence-corrected chi connectivity index (χ0v) is 17.9. The van der Waals surface area contributed by atoms with Gasteiger partial charge in [0.2, 0.25) is 5.91 Å². The summed E-state index contributed by atoms with van der Waals surface area (Å²) in [4.78, 5) is 23.3. The minimum Gasteiger partial charge on any atom is -0.378 e. The first-order valence-electron chi connectivity index (χ1n) is 10.1. The van der Waals surface area contributed by atoms with Crippen molar-refractivity contribution < 1.29 is 9.53 Å². The number of anilines is 3. The molecule has 0 spiro atoms. The van der Waals surface area contributed by atoms with Gasteiger partial charge in [-0.3, -0.25) is 4.79 Å². The molecule has 1 aliphatic heterocycles. The van der Waals surface area contributed by atoms with Gasteiger partial charge < -0.3 is 20.3 Å². The number of aromatic nitrogens is 2. The molecule has 0 bridgehead atoms. The lowest BCUT2D eigenvalue weighted by Crippen LogP contribution is -2.45. The first-order chi connectivity index (χ1) is 14.2. The molecule has 2 heterocycles. The molecule has 0 unspecified atom stereocenters. The van der Waals surface area contributed by atoms with Crippen LogP contribution in [-0.4, -0.2) is 53.1 Å². The van der Waals surface area contributed by atoms with Gasteiger partial charge in [0.05, 0.1) is 13.2 Å². The van der Waals surface area contributed by atoms with Crippen LogP contribution in [0.15, 0.2) is 41.1 Å². The van der Waals surface area contributed by atoms with Gasteiger partial charge >= 0.3 is 0 Å². The lowest BCUT2D eigenvalue weighted by atomic mass is 9.85. The Bertz CT molecular complexity index is 835. The third-order valence-electron chi connectivity index (χ3n) is 5.52. The highest BCUT2D eigenvalue weighted by Gasteiger charge is 2.30. The Morgan fingerprint density at radius 2 is 1.83 bits per heavy atom. The Morgan fingerprint density at radius 3 is 2.59 bits per heavy atom. The average molecular weight is 460 g/mol. The maximum atomic E-state index is 12.7. The number of amides is 1. The van der Waals surface area contributed by atoms with E-state index in [1.54, 1.807) is 6.33 Å². The second kappa shape index (κ2) is 9.54. The Morgan fingerprint density at radius 1 is 1.07 bits per heavy atom. The van der Waals surface area contributed by atoms with Crippen LogP contribution >= 0.6 is 15.9 Å². The molecule has 1 aromatic heterocycles. The summed E-state index contributed by atoms with van der Waals surface area (Å²) in [6, 6.07) is 10.2. The molecule has 1 saturated heterocycles. The first-order valence-corrected chi connectivity index (χ1v) is 10.9. The number of hydrogen-bond acceptors (Lipinski definition) is 6. The van der Waals surface area contributed by atoms with Crippen LogP contribution in [0.1, 0.15) is 25.7 Å². The zero-order valence-electron chi connectivity index (χ0n) is 16.3. The molecule has 4 rings (SSSR count). The van der Waals surface area contributed by atoms with Crippen molar-refractivity contribution in [1.29, 1.82) is 0 Å². The maximum Gasteiger partial charge on any atom is 0.225 e. The summed E-state index contributed by atoms with van der Waals surface area (Å²) >= 11 is 3.48. The van der Waals surface area contributed by atoms with E-state index in [2.05, 4.69) is 36.5 Å². The standard InChI is InChI=1S/C21H26BrN5O2/c22-16-2-1-3-18(12-16)26-20-13-19(23-14-24-20)25-17-6-4-15(5-7-17)21(28)27-8-10-29-11-9-27/h1-3,12-15,17H,4-11H2,(H2,23,24,25,26)/t15-,17-. The molecule has 0 radical (unpaired) electrons. The quantitative estimate of drug-likeness (QED) is 0.707. The average Bonchev–Trinajstić information content (AvgIpc) is 2.75. The van der Waals surface area contributed by atoms with Crippen molar-refractivity contribution in [3.05, 3.63) is 41.1 Å². The van der Waals surface area contributed by atoms with E-state index in [1.165, 1.54) is 0 Å². The second-order valence-corrected chi connectivity index (χ2v) is 8.47. The van der Waals surface area contributed by atoms with E-state index in [9.17, 15) is 4.79 Å². The van der Waals surface area contributed by atoms with E-state index in [1.807, 2.05) is 35.2 Å². The lowest BCUT2D eigenvalue weighted by molar-refractivity contribution is -0.140. The third kappa shape index (κ3) is 5.45. The van der Waals surface area contributed by atoms with E-state index in [0.29, 0.717) is 25.2 Å². The number of nitrogens with zero attached hydrogens (tertiary/aromatic N) is 3. The van der Waals surface area contributed by atoms with Crippen molar-refractivity contribution in [3.8, 4) is 0 Å². The number of carbonyl (C=O) groups excluding carboxylic acids is 1. The van der Waals surface area contributed by atoms with Crippen molar-refractivity contribution in [1.82, 2.24) is 14.9 Å². The predicted octanol–water partition coefficient (Wildman–Crippen LogP) is 3.81. The summed E-state index contributed by atoms with van der Waals surface area (Å²) in [5.74, 6) is 2.00. The molecule has 2 aliphatic rings. The molecule has 2 N–H and O–H groups in total. The summed E-state index contributed by atoms with van der Waals surface area (Å²) in [5, 5.41) is 6.81. The molecule has 1 amide bonds. The molecule has 29 heavy (non-hydrogen) atoms. The van der Waals surface area contributed by atoms with Gasteiger partial charge in [-0.1, -0.05) is 22.0 Å². The molecule has 2 aromatic rings. The highest BCUT2D eigenvalue weighted by atomic mass is 79.9. The first kappa shape index (κ1) is 20.1.